The fraction of sp³-hybridized carbons (Fsp3) is 0.529. The van der Waals surface area contributed by atoms with Gasteiger partial charge in [0.15, 0.2) is 0 Å². The van der Waals surface area contributed by atoms with Crippen LogP contribution in [0.3, 0.4) is 0 Å². The molecule has 0 bridgehead atoms. The molecule has 0 saturated carbocycles. The first-order valence-corrected chi connectivity index (χ1v) is 9.12. The number of ether oxygens (including phenoxy) is 1. The van der Waals surface area contributed by atoms with Gasteiger partial charge in [-0.05, 0) is 53.1 Å². The fourth-order valence-corrected chi connectivity index (χ4v) is 3.17. The highest BCUT2D eigenvalue weighted by molar-refractivity contribution is 14.1. The van der Waals surface area contributed by atoms with Crippen molar-refractivity contribution in [2.24, 2.45) is 5.92 Å². The molecule has 5 nitrogen and oxygen atoms in total. The van der Waals surface area contributed by atoms with Crippen molar-refractivity contribution in [3.63, 3.8) is 0 Å². The van der Waals surface area contributed by atoms with Gasteiger partial charge in [0.25, 0.3) is 5.91 Å². The molecule has 1 aliphatic heterocycles. The maximum Gasteiger partial charge on any atom is 0.409 e. The first-order chi connectivity index (χ1) is 11.4. The number of benzene rings is 1. The molecule has 1 saturated heterocycles. The predicted octanol–water partition coefficient (Wildman–Crippen LogP) is 3.37. The minimum atomic E-state index is -0.356. The number of carbonyl (C=O) groups excluding carboxylic acids is 2. The highest BCUT2D eigenvalue weighted by Crippen LogP contribution is 2.17. The SMILES string of the molecule is CC(C)COC(=O)N1CCCN(C(=O)c2ccc(F)cc2I)CC1. The van der Waals surface area contributed by atoms with Crippen molar-refractivity contribution < 1.29 is 18.7 Å². The molecule has 0 aromatic heterocycles. The molecule has 0 spiro atoms. The van der Waals surface area contributed by atoms with Crippen molar-refractivity contribution in [1.82, 2.24) is 9.80 Å². The first kappa shape index (κ1) is 19.0. The second-order valence-corrected chi connectivity index (χ2v) is 7.39. The van der Waals surface area contributed by atoms with Gasteiger partial charge < -0.3 is 14.5 Å². The molecule has 1 fully saturated rings. The maximum absolute atomic E-state index is 13.2. The Morgan fingerprint density at radius 2 is 1.88 bits per heavy atom. The van der Waals surface area contributed by atoms with Gasteiger partial charge in [-0.3, -0.25) is 4.79 Å². The van der Waals surface area contributed by atoms with Crippen molar-refractivity contribution in [1.29, 1.82) is 0 Å². The van der Waals surface area contributed by atoms with Gasteiger partial charge in [-0.1, -0.05) is 13.8 Å². The molecule has 0 atom stereocenters. The summed E-state index contributed by atoms with van der Waals surface area (Å²) < 4.78 is 19.0. The van der Waals surface area contributed by atoms with Crippen LogP contribution in [0.4, 0.5) is 9.18 Å². The van der Waals surface area contributed by atoms with Crippen molar-refractivity contribution >= 4 is 34.6 Å². The minimum absolute atomic E-state index is 0.128. The molecule has 0 aliphatic carbocycles. The molecule has 0 unspecified atom stereocenters. The lowest BCUT2D eigenvalue weighted by Gasteiger charge is -2.22. The maximum atomic E-state index is 13.2. The quantitative estimate of drug-likeness (QED) is 0.667. The van der Waals surface area contributed by atoms with Crippen LogP contribution in [0.1, 0.15) is 30.6 Å². The zero-order chi connectivity index (χ0) is 17.7. The molecule has 2 rings (SSSR count). The van der Waals surface area contributed by atoms with Crippen LogP contribution in [0.5, 0.6) is 0 Å². The molecule has 0 N–H and O–H groups in total. The third kappa shape index (κ3) is 5.06. The van der Waals surface area contributed by atoms with Crippen molar-refractivity contribution in [2.75, 3.05) is 32.8 Å². The summed E-state index contributed by atoms with van der Waals surface area (Å²) in [6.45, 7) is 6.40. The summed E-state index contributed by atoms with van der Waals surface area (Å²) in [7, 11) is 0. The average Bonchev–Trinajstić information content (AvgIpc) is 2.78. The smallest absolute Gasteiger partial charge is 0.409 e. The molecular formula is C17H22FIN2O3. The summed E-state index contributed by atoms with van der Waals surface area (Å²) in [5, 5.41) is 0. The average molecular weight is 448 g/mol. The molecule has 1 aromatic rings. The first-order valence-electron chi connectivity index (χ1n) is 8.04. The molecule has 7 heteroatoms. The normalized spacial score (nSPS) is 15.4. The fourth-order valence-electron chi connectivity index (χ4n) is 2.47. The van der Waals surface area contributed by atoms with Gasteiger partial charge in [0, 0.05) is 29.7 Å². The topological polar surface area (TPSA) is 49.9 Å². The van der Waals surface area contributed by atoms with Gasteiger partial charge in [0.05, 0.1) is 12.2 Å². The highest BCUT2D eigenvalue weighted by Gasteiger charge is 2.24. The van der Waals surface area contributed by atoms with Gasteiger partial charge in [0.1, 0.15) is 5.82 Å². The molecule has 1 aromatic carbocycles. The van der Waals surface area contributed by atoms with E-state index in [-0.39, 0.29) is 17.8 Å². The second kappa shape index (κ2) is 8.64. The van der Waals surface area contributed by atoms with Crippen LogP contribution in [-0.4, -0.2) is 54.6 Å². The van der Waals surface area contributed by atoms with E-state index >= 15 is 0 Å². The highest BCUT2D eigenvalue weighted by atomic mass is 127. The van der Waals surface area contributed by atoms with E-state index in [9.17, 15) is 14.0 Å². The van der Waals surface area contributed by atoms with Crippen LogP contribution in [0.15, 0.2) is 18.2 Å². The van der Waals surface area contributed by atoms with Crippen LogP contribution >= 0.6 is 22.6 Å². The Kier molecular flexibility index (Phi) is 6.82. The summed E-state index contributed by atoms with van der Waals surface area (Å²) in [6, 6.07) is 4.16. The van der Waals surface area contributed by atoms with E-state index in [4.69, 9.17) is 4.74 Å². The molecular weight excluding hydrogens is 426 g/mol. The standard InChI is InChI=1S/C17H22FIN2O3/c1-12(2)11-24-17(23)21-7-3-6-20(8-9-21)16(22)14-5-4-13(18)10-15(14)19/h4-5,10,12H,3,6-9,11H2,1-2H3. The summed E-state index contributed by atoms with van der Waals surface area (Å²) in [5.74, 6) is -0.192. The van der Waals surface area contributed by atoms with Crippen molar-refractivity contribution in [3.05, 3.63) is 33.1 Å². The van der Waals surface area contributed by atoms with Gasteiger partial charge in [-0.2, -0.15) is 0 Å². The van der Waals surface area contributed by atoms with E-state index < -0.39 is 0 Å². The second-order valence-electron chi connectivity index (χ2n) is 6.23. The summed E-state index contributed by atoms with van der Waals surface area (Å²) in [5.41, 5.74) is 0.493. The molecule has 0 radical (unpaired) electrons. The monoisotopic (exact) mass is 448 g/mol. The lowest BCUT2D eigenvalue weighted by Crippen LogP contribution is -2.38. The van der Waals surface area contributed by atoms with E-state index in [0.717, 1.165) is 0 Å². The lowest BCUT2D eigenvalue weighted by atomic mass is 10.2. The van der Waals surface area contributed by atoms with Gasteiger partial charge in [-0.15, -0.1) is 0 Å². The zero-order valence-corrected chi connectivity index (χ0v) is 16.1. The number of nitrogens with zero attached hydrogens (tertiary/aromatic N) is 2. The lowest BCUT2D eigenvalue weighted by molar-refractivity contribution is 0.0745. The Bertz CT molecular complexity index is 609. The van der Waals surface area contributed by atoms with Crippen LogP contribution in [0.2, 0.25) is 0 Å². The molecule has 1 aliphatic rings. The van der Waals surface area contributed by atoms with Crippen molar-refractivity contribution in [2.45, 2.75) is 20.3 Å². The molecule has 132 valence electrons. The minimum Gasteiger partial charge on any atom is -0.449 e. The van der Waals surface area contributed by atoms with E-state index in [1.54, 1.807) is 9.80 Å². The van der Waals surface area contributed by atoms with E-state index in [1.165, 1.54) is 18.2 Å². The summed E-state index contributed by atoms with van der Waals surface area (Å²) in [4.78, 5) is 28.0. The van der Waals surface area contributed by atoms with E-state index in [1.807, 2.05) is 36.4 Å². The zero-order valence-electron chi connectivity index (χ0n) is 13.9. The van der Waals surface area contributed by atoms with Crippen LogP contribution < -0.4 is 0 Å². The van der Waals surface area contributed by atoms with Gasteiger partial charge in [0.2, 0.25) is 0 Å². The Morgan fingerprint density at radius 3 is 2.54 bits per heavy atom. The van der Waals surface area contributed by atoms with E-state index in [2.05, 4.69) is 0 Å². The molecule has 2 amide bonds. The molecule has 1 heterocycles. The Hall–Kier alpha value is -1.38. The summed E-state index contributed by atoms with van der Waals surface area (Å²) in [6.07, 6.45) is 0.370. The Morgan fingerprint density at radius 1 is 1.21 bits per heavy atom. The van der Waals surface area contributed by atoms with E-state index in [0.29, 0.717) is 54.3 Å². The van der Waals surface area contributed by atoms with Crippen LogP contribution in [-0.2, 0) is 4.74 Å². The third-order valence-electron chi connectivity index (χ3n) is 3.74. The Balaban J connectivity index is 1.97. The largest absolute Gasteiger partial charge is 0.449 e. The number of rotatable bonds is 3. The number of hydrogen-bond acceptors (Lipinski definition) is 3. The number of hydrogen-bond donors (Lipinski definition) is 0. The van der Waals surface area contributed by atoms with Gasteiger partial charge >= 0.3 is 6.09 Å². The Labute approximate surface area is 155 Å². The summed E-state index contributed by atoms with van der Waals surface area (Å²) >= 11 is 1.97. The van der Waals surface area contributed by atoms with Crippen molar-refractivity contribution in [3.8, 4) is 0 Å². The number of amides is 2. The molecule has 24 heavy (non-hydrogen) atoms. The van der Waals surface area contributed by atoms with Crippen LogP contribution in [0, 0.1) is 15.3 Å². The number of carbonyl (C=O) groups is 2. The predicted molar refractivity (Wildman–Crippen MR) is 97.4 cm³/mol. The van der Waals surface area contributed by atoms with Gasteiger partial charge in [-0.25, -0.2) is 9.18 Å². The number of halogens is 2. The van der Waals surface area contributed by atoms with Crippen LogP contribution in [0.25, 0.3) is 0 Å². The third-order valence-corrected chi connectivity index (χ3v) is 4.64.